The summed E-state index contributed by atoms with van der Waals surface area (Å²) in [6.07, 6.45) is 2.41. The van der Waals surface area contributed by atoms with E-state index in [0.717, 1.165) is 37.1 Å². The number of carbonyl (C=O) groups is 1. The molecule has 1 aliphatic rings. The second-order valence-electron chi connectivity index (χ2n) is 4.61. The first-order valence-corrected chi connectivity index (χ1v) is 6.23. The number of hydrogen-bond acceptors (Lipinski definition) is 2. The molecular weight excluding hydrogens is 210 g/mol. The smallest absolute Gasteiger partial charge is 0.166 e. The number of carbonyl (C=O) groups excluding carboxylic acids is 1. The van der Waals surface area contributed by atoms with E-state index in [0.29, 0.717) is 6.42 Å². The summed E-state index contributed by atoms with van der Waals surface area (Å²) in [4.78, 5) is 12.0. The van der Waals surface area contributed by atoms with E-state index in [1.54, 1.807) is 0 Å². The molecule has 2 heteroatoms. The highest BCUT2D eigenvalue weighted by Crippen LogP contribution is 2.18. The third kappa shape index (κ3) is 2.83. The number of Topliss-reactive ketones (excluding diaryl/α,β-unsaturated/α-hetero) is 1. The fourth-order valence-electron chi connectivity index (χ4n) is 2.11. The number of benzene rings is 1. The van der Waals surface area contributed by atoms with E-state index < -0.39 is 0 Å². The van der Waals surface area contributed by atoms with Gasteiger partial charge in [-0.25, -0.2) is 0 Å². The van der Waals surface area contributed by atoms with Crippen LogP contribution in [0, 0.1) is 0 Å². The van der Waals surface area contributed by atoms with Crippen LogP contribution in [0.5, 0.6) is 0 Å². The number of allylic oxidation sites excluding steroid dienone is 1. The third-order valence-electron chi connectivity index (χ3n) is 3.33. The van der Waals surface area contributed by atoms with E-state index in [2.05, 4.69) is 18.0 Å². The molecule has 17 heavy (non-hydrogen) atoms. The Balaban J connectivity index is 2.16. The maximum Gasteiger partial charge on any atom is 0.166 e. The minimum absolute atomic E-state index is 0.185. The second kappa shape index (κ2) is 5.28. The van der Waals surface area contributed by atoms with Gasteiger partial charge in [-0.05, 0) is 36.6 Å². The van der Waals surface area contributed by atoms with Crippen LogP contribution in [0.3, 0.4) is 0 Å². The molecule has 0 saturated heterocycles. The van der Waals surface area contributed by atoms with Gasteiger partial charge >= 0.3 is 0 Å². The molecule has 1 heterocycles. The Morgan fingerprint density at radius 1 is 1.41 bits per heavy atom. The Hall–Kier alpha value is -1.41. The molecule has 1 aromatic carbocycles. The van der Waals surface area contributed by atoms with Crippen LogP contribution in [-0.2, 0) is 13.0 Å². The van der Waals surface area contributed by atoms with Crippen LogP contribution in [0.25, 0.3) is 0 Å². The Kier molecular flexibility index (Phi) is 3.75. The Labute approximate surface area is 103 Å². The van der Waals surface area contributed by atoms with Crippen LogP contribution in [0.4, 0.5) is 0 Å². The fraction of sp³-hybridized carbons (Fsp3) is 0.400. The molecule has 0 bridgehead atoms. The minimum Gasteiger partial charge on any atom is -0.312 e. The molecule has 0 aromatic heterocycles. The largest absolute Gasteiger partial charge is 0.312 e. The summed E-state index contributed by atoms with van der Waals surface area (Å²) >= 11 is 0. The van der Waals surface area contributed by atoms with Crippen LogP contribution >= 0.6 is 0 Å². The summed E-state index contributed by atoms with van der Waals surface area (Å²) in [7, 11) is 0. The zero-order valence-electron chi connectivity index (χ0n) is 10.4. The normalized spacial score (nSPS) is 14.2. The monoisotopic (exact) mass is 229 g/mol. The van der Waals surface area contributed by atoms with E-state index in [1.807, 2.05) is 19.1 Å². The van der Waals surface area contributed by atoms with Gasteiger partial charge in [0, 0.05) is 18.5 Å². The van der Waals surface area contributed by atoms with Gasteiger partial charge in [0.15, 0.2) is 5.78 Å². The molecule has 0 radical (unpaired) electrons. The van der Waals surface area contributed by atoms with E-state index in [1.165, 1.54) is 11.1 Å². The summed E-state index contributed by atoms with van der Waals surface area (Å²) in [5.74, 6) is 0.185. The van der Waals surface area contributed by atoms with Crippen molar-refractivity contribution in [1.82, 2.24) is 5.32 Å². The standard InChI is InChI=1S/C15H19NO/c1-3-11(2)8-15(17)13-5-4-12-6-7-16-10-14(12)9-13/h4-5,9,16H,2-3,6-8,10H2,1H3. The summed E-state index contributed by atoms with van der Waals surface area (Å²) in [5.41, 5.74) is 4.46. The van der Waals surface area contributed by atoms with Gasteiger partial charge in [0.1, 0.15) is 0 Å². The lowest BCUT2D eigenvalue weighted by molar-refractivity contribution is 0.0992. The molecule has 0 spiro atoms. The molecule has 0 aliphatic carbocycles. The SMILES string of the molecule is C=C(CC)CC(=O)c1ccc2c(c1)CNCC2. The molecule has 0 fully saturated rings. The van der Waals surface area contributed by atoms with Crippen molar-refractivity contribution in [1.29, 1.82) is 0 Å². The van der Waals surface area contributed by atoms with Gasteiger partial charge in [0.25, 0.3) is 0 Å². The lowest BCUT2D eigenvalue weighted by atomic mass is 9.95. The Bertz CT molecular complexity index is 448. The average Bonchev–Trinajstić information content (AvgIpc) is 2.38. The van der Waals surface area contributed by atoms with Crippen molar-refractivity contribution >= 4 is 5.78 Å². The molecule has 0 saturated carbocycles. The summed E-state index contributed by atoms with van der Waals surface area (Å²) in [6, 6.07) is 6.08. The first kappa shape index (κ1) is 12.1. The molecule has 2 nitrogen and oxygen atoms in total. The van der Waals surface area contributed by atoms with Crippen LogP contribution in [0.15, 0.2) is 30.4 Å². The molecule has 0 atom stereocenters. The van der Waals surface area contributed by atoms with Crippen molar-refractivity contribution in [3.63, 3.8) is 0 Å². The number of ketones is 1. The van der Waals surface area contributed by atoms with Crippen molar-refractivity contribution in [2.45, 2.75) is 32.7 Å². The van der Waals surface area contributed by atoms with Crippen molar-refractivity contribution < 1.29 is 4.79 Å². The van der Waals surface area contributed by atoms with Gasteiger partial charge in [-0.2, -0.15) is 0 Å². The molecule has 1 aliphatic heterocycles. The van der Waals surface area contributed by atoms with Gasteiger partial charge in [-0.3, -0.25) is 4.79 Å². The maximum atomic E-state index is 12.0. The quantitative estimate of drug-likeness (QED) is 0.635. The van der Waals surface area contributed by atoms with Gasteiger partial charge in [0.2, 0.25) is 0 Å². The van der Waals surface area contributed by atoms with Crippen molar-refractivity contribution in [3.8, 4) is 0 Å². The molecule has 0 amide bonds. The minimum atomic E-state index is 0.185. The van der Waals surface area contributed by atoms with Crippen LogP contribution < -0.4 is 5.32 Å². The summed E-state index contributed by atoms with van der Waals surface area (Å²) in [5, 5.41) is 3.33. The highest BCUT2D eigenvalue weighted by molar-refractivity contribution is 5.97. The Morgan fingerprint density at radius 2 is 2.24 bits per heavy atom. The number of hydrogen-bond donors (Lipinski definition) is 1. The van der Waals surface area contributed by atoms with Gasteiger partial charge in [0.05, 0.1) is 0 Å². The summed E-state index contributed by atoms with van der Waals surface area (Å²) < 4.78 is 0. The van der Waals surface area contributed by atoms with Crippen LogP contribution in [0.2, 0.25) is 0 Å². The Morgan fingerprint density at radius 3 is 3.00 bits per heavy atom. The van der Waals surface area contributed by atoms with Crippen LogP contribution in [-0.4, -0.2) is 12.3 Å². The molecule has 2 rings (SSSR count). The predicted molar refractivity (Wildman–Crippen MR) is 70.2 cm³/mol. The predicted octanol–water partition coefficient (Wildman–Crippen LogP) is 2.87. The number of nitrogens with one attached hydrogen (secondary N) is 1. The highest BCUT2D eigenvalue weighted by atomic mass is 16.1. The van der Waals surface area contributed by atoms with Crippen molar-refractivity contribution in [2.75, 3.05) is 6.54 Å². The average molecular weight is 229 g/mol. The first-order valence-electron chi connectivity index (χ1n) is 6.23. The first-order chi connectivity index (χ1) is 8.20. The van der Waals surface area contributed by atoms with Gasteiger partial charge < -0.3 is 5.32 Å². The lowest BCUT2D eigenvalue weighted by Gasteiger charge is -2.17. The van der Waals surface area contributed by atoms with E-state index in [9.17, 15) is 4.79 Å². The molecule has 1 N–H and O–H groups in total. The molecule has 90 valence electrons. The maximum absolute atomic E-state index is 12.0. The zero-order valence-corrected chi connectivity index (χ0v) is 10.4. The number of rotatable bonds is 4. The molecule has 1 aromatic rings. The lowest BCUT2D eigenvalue weighted by Crippen LogP contribution is -2.23. The number of fused-ring (bicyclic) bond motifs is 1. The van der Waals surface area contributed by atoms with Crippen LogP contribution in [0.1, 0.15) is 41.3 Å². The van der Waals surface area contributed by atoms with Crippen molar-refractivity contribution in [3.05, 3.63) is 47.0 Å². The zero-order chi connectivity index (χ0) is 12.3. The molecule has 0 unspecified atom stereocenters. The fourth-order valence-corrected chi connectivity index (χ4v) is 2.11. The summed E-state index contributed by atoms with van der Waals surface area (Å²) in [6.45, 7) is 7.84. The van der Waals surface area contributed by atoms with Gasteiger partial charge in [-0.15, -0.1) is 0 Å². The van der Waals surface area contributed by atoms with E-state index in [-0.39, 0.29) is 5.78 Å². The van der Waals surface area contributed by atoms with Gasteiger partial charge in [-0.1, -0.05) is 31.2 Å². The van der Waals surface area contributed by atoms with E-state index in [4.69, 9.17) is 0 Å². The second-order valence-corrected chi connectivity index (χ2v) is 4.61. The highest BCUT2D eigenvalue weighted by Gasteiger charge is 2.12. The third-order valence-corrected chi connectivity index (χ3v) is 3.33. The molecular formula is C15H19NO. The van der Waals surface area contributed by atoms with Crippen molar-refractivity contribution in [2.24, 2.45) is 0 Å². The topological polar surface area (TPSA) is 29.1 Å². The van der Waals surface area contributed by atoms with E-state index >= 15 is 0 Å².